The summed E-state index contributed by atoms with van der Waals surface area (Å²) in [5.74, 6) is -0.108. The number of hydrogen-bond acceptors (Lipinski definition) is 3. The molecule has 3 rings (SSSR count). The van der Waals surface area contributed by atoms with Crippen LogP contribution in [-0.2, 0) is 0 Å². The number of halogens is 2. The van der Waals surface area contributed by atoms with Crippen molar-refractivity contribution < 1.29 is 4.79 Å². The fourth-order valence-corrected chi connectivity index (χ4v) is 2.78. The first-order valence-corrected chi connectivity index (χ1v) is 7.39. The molecule has 0 aliphatic carbocycles. The lowest BCUT2D eigenvalue weighted by atomic mass is 10.2. The molecule has 21 heavy (non-hydrogen) atoms. The normalized spacial score (nSPS) is 15.3. The van der Waals surface area contributed by atoms with Crippen molar-refractivity contribution in [3.05, 3.63) is 46.2 Å². The van der Waals surface area contributed by atoms with Crippen molar-refractivity contribution in [1.82, 2.24) is 15.1 Å². The molecule has 0 atom stereocenters. The Bertz CT molecular complexity index is 650. The van der Waals surface area contributed by atoms with E-state index in [0.29, 0.717) is 23.8 Å². The summed E-state index contributed by atoms with van der Waals surface area (Å²) in [5, 5.41) is 7.51. The van der Waals surface area contributed by atoms with Crippen LogP contribution in [0.25, 0.3) is 0 Å². The first-order valence-electron chi connectivity index (χ1n) is 6.64. The van der Waals surface area contributed by atoms with Gasteiger partial charge in [-0.05, 0) is 18.2 Å². The van der Waals surface area contributed by atoms with Crippen LogP contribution in [0.5, 0.6) is 0 Å². The number of H-pyrrole nitrogens is 1. The molecule has 1 aromatic heterocycles. The van der Waals surface area contributed by atoms with E-state index in [1.165, 1.54) is 6.20 Å². The third-order valence-electron chi connectivity index (χ3n) is 3.55. The van der Waals surface area contributed by atoms with Gasteiger partial charge in [-0.2, -0.15) is 5.10 Å². The highest BCUT2D eigenvalue weighted by atomic mass is 35.5. The fourth-order valence-electron chi connectivity index (χ4n) is 2.42. The summed E-state index contributed by atoms with van der Waals surface area (Å²) >= 11 is 11.9. The summed E-state index contributed by atoms with van der Waals surface area (Å²) in [6, 6.07) is 7.74. The molecule has 1 aliphatic rings. The van der Waals surface area contributed by atoms with Crippen LogP contribution in [0.2, 0.25) is 10.0 Å². The maximum Gasteiger partial charge on any atom is 0.273 e. The maximum atomic E-state index is 12.3. The average molecular weight is 325 g/mol. The van der Waals surface area contributed by atoms with Gasteiger partial charge in [-0.25, -0.2) is 0 Å². The number of aromatic amines is 1. The monoisotopic (exact) mass is 324 g/mol. The highest BCUT2D eigenvalue weighted by Crippen LogP contribution is 2.22. The van der Waals surface area contributed by atoms with Gasteiger partial charge in [0.2, 0.25) is 0 Å². The highest BCUT2D eigenvalue weighted by Gasteiger charge is 2.24. The lowest BCUT2D eigenvalue weighted by Gasteiger charge is -2.36. The van der Waals surface area contributed by atoms with E-state index >= 15 is 0 Å². The van der Waals surface area contributed by atoms with Crippen LogP contribution in [0.3, 0.4) is 0 Å². The van der Waals surface area contributed by atoms with Crippen molar-refractivity contribution in [3.63, 3.8) is 0 Å². The van der Waals surface area contributed by atoms with Crippen molar-refractivity contribution in [2.45, 2.75) is 0 Å². The zero-order valence-corrected chi connectivity index (χ0v) is 12.7. The van der Waals surface area contributed by atoms with E-state index < -0.39 is 0 Å². The molecule has 1 fully saturated rings. The van der Waals surface area contributed by atoms with Gasteiger partial charge in [-0.1, -0.05) is 29.3 Å². The molecule has 0 unspecified atom stereocenters. The number of nitrogens with zero attached hydrogens (tertiary/aromatic N) is 3. The third kappa shape index (κ3) is 2.99. The average Bonchev–Trinajstić information content (AvgIpc) is 2.93. The van der Waals surface area contributed by atoms with E-state index in [0.717, 1.165) is 23.8 Å². The van der Waals surface area contributed by atoms with Gasteiger partial charge < -0.3 is 9.80 Å². The van der Waals surface area contributed by atoms with Crippen LogP contribution in [0.1, 0.15) is 10.5 Å². The molecule has 1 saturated heterocycles. The SMILES string of the molecule is O=C(c1[nH]ncc1Cl)N1CCN(c2cccc(Cl)c2)CC1. The van der Waals surface area contributed by atoms with E-state index in [4.69, 9.17) is 23.2 Å². The van der Waals surface area contributed by atoms with Gasteiger partial charge in [0.1, 0.15) is 5.69 Å². The van der Waals surface area contributed by atoms with Crippen LogP contribution < -0.4 is 4.90 Å². The van der Waals surface area contributed by atoms with E-state index in [1.807, 2.05) is 24.3 Å². The zero-order chi connectivity index (χ0) is 14.8. The Labute approximate surface area is 132 Å². The van der Waals surface area contributed by atoms with Crippen molar-refractivity contribution in [3.8, 4) is 0 Å². The molecule has 1 aliphatic heterocycles. The molecule has 1 N–H and O–H groups in total. The lowest BCUT2D eigenvalue weighted by Crippen LogP contribution is -2.49. The summed E-state index contributed by atoms with van der Waals surface area (Å²) in [6.07, 6.45) is 1.44. The molecule has 1 amide bonds. The van der Waals surface area contributed by atoms with Gasteiger partial charge in [0.05, 0.1) is 11.2 Å². The van der Waals surface area contributed by atoms with Gasteiger partial charge >= 0.3 is 0 Å². The number of carbonyl (C=O) groups is 1. The third-order valence-corrected chi connectivity index (χ3v) is 4.07. The van der Waals surface area contributed by atoms with Crippen molar-refractivity contribution in [2.75, 3.05) is 31.1 Å². The van der Waals surface area contributed by atoms with Crippen molar-refractivity contribution in [2.24, 2.45) is 0 Å². The van der Waals surface area contributed by atoms with Crippen molar-refractivity contribution in [1.29, 1.82) is 0 Å². The molecule has 2 aromatic rings. The second-order valence-electron chi connectivity index (χ2n) is 4.85. The van der Waals surface area contributed by atoms with Crippen LogP contribution in [0, 0.1) is 0 Å². The van der Waals surface area contributed by atoms with Crippen molar-refractivity contribution >= 4 is 34.8 Å². The lowest BCUT2D eigenvalue weighted by molar-refractivity contribution is 0.0741. The number of rotatable bonds is 2. The summed E-state index contributed by atoms with van der Waals surface area (Å²) in [5.41, 5.74) is 1.43. The van der Waals surface area contributed by atoms with Gasteiger partial charge in [-0.15, -0.1) is 0 Å². The van der Waals surface area contributed by atoms with Crippen LogP contribution in [0.4, 0.5) is 5.69 Å². The first-order chi connectivity index (χ1) is 10.1. The van der Waals surface area contributed by atoms with Gasteiger partial charge in [0.15, 0.2) is 0 Å². The number of carbonyl (C=O) groups excluding carboxylic acids is 1. The highest BCUT2D eigenvalue weighted by molar-refractivity contribution is 6.33. The van der Waals surface area contributed by atoms with Crippen LogP contribution >= 0.6 is 23.2 Å². The number of hydrogen-bond donors (Lipinski definition) is 1. The maximum absolute atomic E-state index is 12.3. The Morgan fingerprint density at radius 2 is 1.95 bits per heavy atom. The molecule has 1 aromatic carbocycles. The molecular formula is C14H14Cl2N4O. The summed E-state index contributed by atoms with van der Waals surface area (Å²) < 4.78 is 0. The smallest absolute Gasteiger partial charge is 0.273 e. The second-order valence-corrected chi connectivity index (χ2v) is 5.70. The molecule has 0 spiro atoms. The minimum absolute atomic E-state index is 0.108. The van der Waals surface area contributed by atoms with E-state index in [9.17, 15) is 4.79 Å². The molecule has 5 nitrogen and oxygen atoms in total. The number of amides is 1. The number of aromatic nitrogens is 2. The molecule has 0 radical (unpaired) electrons. The van der Waals surface area contributed by atoms with E-state index in [1.54, 1.807) is 4.90 Å². The number of benzene rings is 1. The van der Waals surface area contributed by atoms with Crippen LogP contribution in [0.15, 0.2) is 30.5 Å². The Morgan fingerprint density at radius 3 is 2.57 bits per heavy atom. The number of piperazine rings is 1. The topological polar surface area (TPSA) is 52.2 Å². The second kappa shape index (κ2) is 5.95. The zero-order valence-electron chi connectivity index (χ0n) is 11.2. The Hall–Kier alpha value is -1.72. The molecular weight excluding hydrogens is 311 g/mol. The largest absolute Gasteiger partial charge is 0.368 e. The van der Waals surface area contributed by atoms with E-state index in [-0.39, 0.29) is 5.91 Å². The molecule has 7 heteroatoms. The first kappa shape index (κ1) is 14.2. The molecule has 110 valence electrons. The minimum atomic E-state index is -0.108. The van der Waals surface area contributed by atoms with Gasteiger partial charge in [0.25, 0.3) is 5.91 Å². The summed E-state index contributed by atoms with van der Waals surface area (Å²) in [6.45, 7) is 2.80. The molecule has 0 bridgehead atoms. The van der Waals surface area contributed by atoms with E-state index in [2.05, 4.69) is 15.1 Å². The molecule has 0 saturated carbocycles. The fraction of sp³-hybridized carbons (Fsp3) is 0.286. The summed E-state index contributed by atoms with van der Waals surface area (Å²) in [4.78, 5) is 16.3. The van der Waals surface area contributed by atoms with Gasteiger partial charge in [-0.3, -0.25) is 9.89 Å². The standard InChI is InChI=1S/C14H14Cl2N4O/c15-10-2-1-3-11(8-10)19-4-6-20(7-5-19)14(21)13-12(16)9-17-18-13/h1-3,8-9H,4-7H2,(H,17,18). The number of anilines is 1. The van der Waals surface area contributed by atoms with Gasteiger partial charge in [0, 0.05) is 36.9 Å². The quantitative estimate of drug-likeness (QED) is 0.924. The number of nitrogens with one attached hydrogen (secondary N) is 1. The van der Waals surface area contributed by atoms with Crippen LogP contribution in [-0.4, -0.2) is 47.2 Å². The Kier molecular flexibility index (Phi) is 4.03. The predicted octanol–water partition coefficient (Wildman–Crippen LogP) is 2.68. The molecule has 2 heterocycles. The summed E-state index contributed by atoms with van der Waals surface area (Å²) in [7, 11) is 0. The minimum Gasteiger partial charge on any atom is -0.368 e. The Balaban J connectivity index is 1.65. The predicted molar refractivity (Wildman–Crippen MR) is 83.2 cm³/mol. The Morgan fingerprint density at radius 1 is 1.19 bits per heavy atom.